The summed E-state index contributed by atoms with van der Waals surface area (Å²) < 4.78 is 0. The number of aryl methyl sites for hydroxylation is 1. The molecule has 5 rings (SSSR count). The van der Waals surface area contributed by atoms with Gasteiger partial charge in [-0.3, -0.25) is 19.2 Å². The van der Waals surface area contributed by atoms with E-state index in [0.717, 1.165) is 22.4 Å². The Morgan fingerprint density at radius 2 is 1.51 bits per heavy atom. The van der Waals surface area contributed by atoms with Gasteiger partial charge in [0.1, 0.15) is 6.04 Å². The van der Waals surface area contributed by atoms with Crippen LogP contribution in [0.3, 0.4) is 0 Å². The molecular formula is C35H42N6O4. The van der Waals surface area contributed by atoms with Crippen molar-refractivity contribution in [2.24, 2.45) is 0 Å². The summed E-state index contributed by atoms with van der Waals surface area (Å²) in [7, 11) is 0. The monoisotopic (exact) mass is 610 g/mol. The Balaban J connectivity index is 1.24. The zero-order valence-electron chi connectivity index (χ0n) is 26.0. The van der Waals surface area contributed by atoms with Crippen LogP contribution in [-0.4, -0.2) is 79.9 Å². The van der Waals surface area contributed by atoms with Crippen LogP contribution in [-0.2, 0) is 33.8 Å². The smallest absolute Gasteiger partial charge is 0.253 e. The number of amides is 4. The Kier molecular flexibility index (Phi) is 10.5. The molecule has 2 atom stereocenters. The zero-order valence-corrected chi connectivity index (χ0v) is 26.0. The predicted molar refractivity (Wildman–Crippen MR) is 174 cm³/mol. The first-order valence-electron chi connectivity index (χ1n) is 15.6. The van der Waals surface area contributed by atoms with E-state index in [9.17, 15) is 19.2 Å². The standard InChI is InChI=1S/C35H42N6O4/c1-24-11-13-26(14-12-24)21-31(39-34(44)30-22-27-7-3-4-8-28(27)23-38-30)35(45)41-19-17-40(18-20-41)32-10-6-5-9-29(32)33(43)37-16-15-36-25(2)42/h3-14,30-31,38H,15-23H2,1-2H3,(H,36,42)(H,37,43)(H,39,44)/t30?,31-/m1/s1. The Labute approximate surface area is 264 Å². The number of para-hydroxylation sites is 1. The first-order valence-corrected chi connectivity index (χ1v) is 15.6. The number of anilines is 1. The number of nitrogens with one attached hydrogen (secondary N) is 4. The van der Waals surface area contributed by atoms with Crippen molar-refractivity contribution in [3.8, 4) is 0 Å². The Morgan fingerprint density at radius 1 is 0.844 bits per heavy atom. The minimum absolute atomic E-state index is 0.108. The summed E-state index contributed by atoms with van der Waals surface area (Å²) in [4.78, 5) is 55.5. The molecule has 0 saturated carbocycles. The first kappa shape index (κ1) is 31.7. The maximum absolute atomic E-state index is 14.0. The number of nitrogens with zero attached hydrogens (tertiary/aromatic N) is 2. The third-order valence-corrected chi connectivity index (χ3v) is 8.44. The van der Waals surface area contributed by atoms with E-state index in [1.165, 1.54) is 12.5 Å². The number of piperazine rings is 1. The van der Waals surface area contributed by atoms with Gasteiger partial charge in [0.25, 0.3) is 5.91 Å². The van der Waals surface area contributed by atoms with E-state index in [1.54, 1.807) is 6.07 Å². The molecule has 0 aliphatic carbocycles. The van der Waals surface area contributed by atoms with E-state index in [4.69, 9.17) is 0 Å². The summed E-state index contributed by atoms with van der Waals surface area (Å²) in [5.74, 6) is -0.640. The minimum Gasteiger partial charge on any atom is -0.367 e. The van der Waals surface area contributed by atoms with Crippen LogP contribution in [0.2, 0.25) is 0 Å². The third kappa shape index (κ3) is 8.27. The number of carbonyl (C=O) groups excluding carboxylic acids is 4. The predicted octanol–water partition coefficient (Wildman–Crippen LogP) is 1.95. The van der Waals surface area contributed by atoms with Gasteiger partial charge >= 0.3 is 0 Å². The molecule has 4 amide bonds. The largest absolute Gasteiger partial charge is 0.367 e. The van der Waals surface area contributed by atoms with Gasteiger partial charge in [-0.2, -0.15) is 0 Å². The van der Waals surface area contributed by atoms with Crippen LogP contribution in [0.5, 0.6) is 0 Å². The van der Waals surface area contributed by atoms with Gasteiger partial charge < -0.3 is 31.1 Å². The van der Waals surface area contributed by atoms with Gasteiger partial charge in [0.15, 0.2) is 0 Å². The molecule has 0 spiro atoms. The summed E-state index contributed by atoms with van der Waals surface area (Å²) in [6.45, 7) is 6.78. The van der Waals surface area contributed by atoms with Gasteiger partial charge in [0.2, 0.25) is 17.7 Å². The second kappa shape index (κ2) is 14.9. The maximum atomic E-state index is 14.0. The maximum Gasteiger partial charge on any atom is 0.253 e. The van der Waals surface area contributed by atoms with Crippen LogP contribution < -0.4 is 26.2 Å². The fourth-order valence-electron chi connectivity index (χ4n) is 5.91. The van der Waals surface area contributed by atoms with Crippen molar-refractivity contribution < 1.29 is 19.2 Å². The molecule has 2 aliphatic rings. The average molecular weight is 611 g/mol. The molecular weight excluding hydrogens is 568 g/mol. The van der Waals surface area contributed by atoms with Gasteiger partial charge in [-0.05, 0) is 42.2 Å². The zero-order chi connectivity index (χ0) is 31.8. The minimum atomic E-state index is -0.701. The second-order valence-electron chi connectivity index (χ2n) is 11.7. The molecule has 10 heteroatoms. The summed E-state index contributed by atoms with van der Waals surface area (Å²) in [5.41, 5.74) is 5.80. The number of rotatable bonds is 10. The van der Waals surface area contributed by atoms with Gasteiger partial charge in [0, 0.05) is 64.8 Å². The normalized spacial score (nSPS) is 16.7. The molecule has 0 bridgehead atoms. The van der Waals surface area contributed by atoms with Crippen LogP contribution >= 0.6 is 0 Å². The summed E-state index contributed by atoms with van der Waals surface area (Å²) >= 11 is 0. The molecule has 1 saturated heterocycles. The summed E-state index contributed by atoms with van der Waals surface area (Å²) in [6.07, 6.45) is 0.974. The van der Waals surface area contributed by atoms with Crippen LogP contribution in [0.25, 0.3) is 0 Å². The highest BCUT2D eigenvalue weighted by molar-refractivity contribution is 6.00. The third-order valence-electron chi connectivity index (χ3n) is 8.44. The van der Waals surface area contributed by atoms with Crippen LogP contribution in [0.1, 0.15) is 39.5 Å². The average Bonchev–Trinajstić information content (AvgIpc) is 3.06. The van der Waals surface area contributed by atoms with E-state index in [0.29, 0.717) is 64.2 Å². The molecule has 3 aromatic carbocycles. The molecule has 4 N–H and O–H groups in total. The fourth-order valence-corrected chi connectivity index (χ4v) is 5.91. The van der Waals surface area contributed by atoms with E-state index >= 15 is 0 Å². The number of hydrogen-bond acceptors (Lipinski definition) is 6. The SMILES string of the molecule is CC(=O)NCCNC(=O)c1ccccc1N1CCN(C(=O)[C@@H](Cc2ccc(C)cc2)NC(=O)C2Cc3ccccc3CN2)CC1. The molecule has 2 heterocycles. The molecule has 45 heavy (non-hydrogen) atoms. The molecule has 3 aromatic rings. The lowest BCUT2D eigenvalue weighted by Crippen LogP contribution is -2.58. The van der Waals surface area contributed by atoms with Crippen molar-refractivity contribution in [3.63, 3.8) is 0 Å². The molecule has 0 radical (unpaired) electrons. The van der Waals surface area contributed by atoms with Crippen LogP contribution in [0.15, 0.2) is 72.8 Å². The highest BCUT2D eigenvalue weighted by Gasteiger charge is 2.32. The Bertz CT molecular complexity index is 1520. The summed E-state index contributed by atoms with van der Waals surface area (Å²) in [5, 5.41) is 12.0. The van der Waals surface area contributed by atoms with E-state index in [1.807, 2.05) is 66.4 Å². The van der Waals surface area contributed by atoms with Crippen molar-refractivity contribution in [1.82, 2.24) is 26.2 Å². The quantitative estimate of drug-likeness (QED) is 0.261. The van der Waals surface area contributed by atoms with E-state index in [2.05, 4.69) is 38.3 Å². The summed E-state index contributed by atoms with van der Waals surface area (Å²) in [6, 6.07) is 22.5. The Hall–Kier alpha value is -4.70. The number of benzene rings is 3. The van der Waals surface area contributed by atoms with Gasteiger partial charge in [0.05, 0.1) is 11.6 Å². The molecule has 10 nitrogen and oxygen atoms in total. The highest BCUT2D eigenvalue weighted by atomic mass is 16.2. The molecule has 1 unspecified atom stereocenters. The van der Waals surface area contributed by atoms with Crippen molar-refractivity contribution in [1.29, 1.82) is 0 Å². The second-order valence-corrected chi connectivity index (χ2v) is 11.7. The first-order chi connectivity index (χ1) is 21.8. The number of hydrogen-bond donors (Lipinski definition) is 4. The van der Waals surface area contributed by atoms with Crippen molar-refractivity contribution in [3.05, 3.63) is 101 Å². The molecule has 236 valence electrons. The van der Waals surface area contributed by atoms with Crippen molar-refractivity contribution in [2.75, 3.05) is 44.2 Å². The fraction of sp³-hybridized carbons (Fsp3) is 0.371. The van der Waals surface area contributed by atoms with Crippen LogP contribution in [0.4, 0.5) is 5.69 Å². The Morgan fingerprint density at radius 3 is 2.24 bits per heavy atom. The number of fused-ring (bicyclic) bond motifs is 1. The molecule has 1 fully saturated rings. The molecule has 2 aliphatic heterocycles. The van der Waals surface area contributed by atoms with Gasteiger partial charge in [-0.1, -0.05) is 66.2 Å². The van der Waals surface area contributed by atoms with E-state index < -0.39 is 12.1 Å². The van der Waals surface area contributed by atoms with Crippen LogP contribution in [0, 0.1) is 6.92 Å². The van der Waals surface area contributed by atoms with Gasteiger partial charge in [-0.15, -0.1) is 0 Å². The van der Waals surface area contributed by atoms with Crippen molar-refractivity contribution in [2.45, 2.75) is 45.3 Å². The van der Waals surface area contributed by atoms with Crippen molar-refractivity contribution >= 4 is 29.3 Å². The lowest BCUT2D eigenvalue weighted by atomic mass is 9.95. The van der Waals surface area contributed by atoms with E-state index in [-0.39, 0.29) is 23.6 Å². The highest BCUT2D eigenvalue weighted by Crippen LogP contribution is 2.23. The lowest BCUT2D eigenvalue weighted by molar-refractivity contribution is -0.137. The topological polar surface area (TPSA) is 123 Å². The molecule has 0 aromatic heterocycles. The number of carbonyl (C=O) groups is 4. The lowest BCUT2D eigenvalue weighted by Gasteiger charge is -2.38. The van der Waals surface area contributed by atoms with Gasteiger partial charge in [-0.25, -0.2) is 0 Å².